The minimum atomic E-state index is 0.0889. The van der Waals surface area contributed by atoms with Crippen LogP contribution in [0, 0.1) is 0 Å². The van der Waals surface area contributed by atoms with Crippen LogP contribution in [-0.4, -0.2) is 35.7 Å². The second-order valence-electron chi connectivity index (χ2n) is 6.00. The van der Waals surface area contributed by atoms with E-state index in [9.17, 15) is 0 Å². The van der Waals surface area contributed by atoms with Crippen LogP contribution >= 0.6 is 0 Å². The van der Waals surface area contributed by atoms with Crippen molar-refractivity contribution in [2.45, 2.75) is 56.8 Å². The molecule has 2 aliphatic rings. The van der Waals surface area contributed by atoms with Crippen LogP contribution in [-0.2, 0) is 11.3 Å². The van der Waals surface area contributed by atoms with Gasteiger partial charge in [-0.1, -0.05) is 0 Å². The Labute approximate surface area is 114 Å². The van der Waals surface area contributed by atoms with Gasteiger partial charge in [0.2, 0.25) is 0 Å². The van der Waals surface area contributed by atoms with Gasteiger partial charge in [-0.2, -0.15) is 0 Å². The second-order valence-corrected chi connectivity index (χ2v) is 6.00. The summed E-state index contributed by atoms with van der Waals surface area (Å²) >= 11 is 0. The molecule has 0 amide bonds. The van der Waals surface area contributed by atoms with Crippen molar-refractivity contribution in [3.05, 3.63) is 24.2 Å². The molecular formula is C15H24N2O2. The van der Waals surface area contributed by atoms with E-state index in [-0.39, 0.29) is 5.54 Å². The normalized spacial score (nSPS) is 31.8. The minimum absolute atomic E-state index is 0.0889. The van der Waals surface area contributed by atoms with Gasteiger partial charge in [0.25, 0.3) is 0 Å². The zero-order chi connectivity index (χ0) is 13.3. The average Bonchev–Trinajstić information content (AvgIpc) is 3.12. The highest BCUT2D eigenvalue weighted by Crippen LogP contribution is 2.40. The molecule has 1 saturated carbocycles. The number of nitrogens with zero attached hydrogens (tertiary/aromatic N) is 1. The predicted molar refractivity (Wildman–Crippen MR) is 73.7 cm³/mol. The second kappa shape index (κ2) is 5.27. The molecule has 106 valence electrons. The number of hydrogen-bond acceptors (Lipinski definition) is 4. The summed E-state index contributed by atoms with van der Waals surface area (Å²) in [6.07, 6.45) is 6.69. The molecule has 0 radical (unpaired) electrons. The third kappa shape index (κ3) is 2.71. The van der Waals surface area contributed by atoms with E-state index < -0.39 is 0 Å². The molecule has 2 atom stereocenters. The fourth-order valence-corrected chi connectivity index (χ4v) is 3.35. The van der Waals surface area contributed by atoms with Crippen molar-refractivity contribution in [2.24, 2.45) is 5.73 Å². The van der Waals surface area contributed by atoms with Crippen molar-refractivity contribution in [3.63, 3.8) is 0 Å². The third-order valence-corrected chi connectivity index (χ3v) is 4.52. The van der Waals surface area contributed by atoms with Crippen molar-refractivity contribution in [1.29, 1.82) is 0 Å². The highest BCUT2D eigenvalue weighted by Gasteiger charge is 2.46. The van der Waals surface area contributed by atoms with Crippen LogP contribution in [0.3, 0.4) is 0 Å². The molecule has 1 aliphatic heterocycles. The molecule has 4 nitrogen and oxygen atoms in total. The topological polar surface area (TPSA) is 51.6 Å². The number of rotatable bonds is 5. The summed E-state index contributed by atoms with van der Waals surface area (Å²) in [6, 6.07) is 4.70. The molecule has 19 heavy (non-hydrogen) atoms. The zero-order valence-corrected chi connectivity index (χ0v) is 11.7. The van der Waals surface area contributed by atoms with Gasteiger partial charge in [0.05, 0.1) is 18.9 Å². The van der Waals surface area contributed by atoms with Crippen molar-refractivity contribution < 1.29 is 9.15 Å². The Kier molecular flexibility index (Phi) is 3.65. The molecule has 0 spiro atoms. The van der Waals surface area contributed by atoms with Crippen LogP contribution in [0.15, 0.2) is 22.8 Å². The first-order chi connectivity index (χ1) is 9.23. The van der Waals surface area contributed by atoms with E-state index in [1.807, 2.05) is 6.07 Å². The highest BCUT2D eigenvalue weighted by molar-refractivity contribution is 5.06. The van der Waals surface area contributed by atoms with E-state index in [1.54, 1.807) is 6.26 Å². The molecule has 3 rings (SSSR count). The SMILES string of the molecule is CC1CC(CN)(N(Cc2ccco2)C2CC2)CCO1. The van der Waals surface area contributed by atoms with E-state index in [0.717, 1.165) is 31.8 Å². The van der Waals surface area contributed by atoms with Crippen molar-refractivity contribution in [2.75, 3.05) is 13.2 Å². The van der Waals surface area contributed by atoms with E-state index in [1.165, 1.54) is 12.8 Å². The van der Waals surface area contributed by atoms with Crippen LogP contribution in [0.2, 0.25) is 0 Å². The lowest BCUT2D eigenvalue weighted by Crippen LogP contribution is -2.58. The first kappa shape index (κ1) is 13.2. The van der Waals surface area contributed by atoms with Crippen LogP contribution in [0.5, 0.6) is 0 Å². The molecule has 0 aromatic carbocycles. The van der Waals surface area contributed by atoms with Gasteiger partial charge in [-0.05, 0) is 44.7 Å². The highest BCUT2D eigenvalue weighted by atomic mass is 16.5. The summed E-state index contributed by atoms with van der Waals surface area (Å²) in [5.41, 5.74) is 6.26. The number of furan rings is 1. The van der Waals surface area contributed by atoms with Crippen LogP contribution in [0.4, 0.5) is 0 Å². The van der Waals surface area contributed by atoms with Crippen molar-refractivity contribution in [3.8, 4) is 0 Å². The van der Waals surface area contributed by atoms with Crippen molar-refractivity contribution >= 4 is 0 Å². The molecule has 0 bridgehead atoms. The molecule has 1 aliphatic carbocycles. The van der Waals surface area contributed by atoms with Gasteiger partial charge in [0.1, 0.15) is 5.76 Å². The molecule has 2 unspecified atom stereocenters. The molecule has 2 fully saturated rings. The molecule has 2 heterocycles. The Balaban J connectivity index is 1.80. The van der Waals surface area contributed by atoms with Gasteiger partial charge in [-0.15, -0.1) is 0 Å². The summed E-state index contributed by atoms with van der Waals surface area (Å²) in [5.74, 6) is 1.04. The lowest BCUT2D eigenvalue weighted by molar-refractivity contribution is -0.0715. The van der Waals surface area contributed by atoms with Crippen LogP contribution in [0.1, 0.15) is 38.4 Å². The predicted octanol–water partition coefficient (Wildman–Crippen LogP) is 2.14. The lowest BCUT2D eigenvalue weighted by atomic mass is 9.84. The molecule has 1 aromatic rings. The lowest BCUT2D eigenvalue weighted by Gasteiger charge is -2.47. The molecule has 2 N–H and O–H groups in total. The summed E-state index contributed by atoms with van der Waals surface area (Å²) in [6.45, 7) is 4.56. The van der Waals surface area contributed by atoms with Crippen LogP contribution < -0.4 is 5.73 Å². The van der Waals surface area contributed by atoms with E-state index in [2.05, 4.69) is 17.9 Å². The molecular weight excluding hydrogens is 240 g/mol. The van der Waals surface area contributed by atoms with E-state index >= 15 is 0 Å². The maximum absolute atomic E-state index is 6.17. The summed E-state index contributed by atoms with van der Waals surface area (Å²) in [5, 5.41) is 0. The summed E-state index contributed by atoms with van der Waals surface area (Å²) < 4.78 is 11.3. The van der Waals surface area contributed by atoms with Gasteiger partial charge in [-0.3, -0.25) is 4.90 Å². The monoisotopic (exact) mass is 264 g/mol. The number of nitrogens with two attached hydrogens (primary N) is 1. The zero-order valence-electron chi connectivity index (χ0n) is 11.7. The van der Waals surface area contributed by atoms with Gasteiger partial charge in [-0.25, -0.2) is 0 Å². The van der Waals surface area contributed by atoms with E-state index in [0.29, 0.717) is 18.7 Å². The first-order valence-corrected chi connectivity index (χ1v) is 7.34. The maximum atomic E-state index is 6.17. The van der Waals surface area contributed by atoms with Gasteiger partial charge in [0.15, 0.2) is 0 Å². The first-order valence-electron chi connectivity index (χ1n) is 7.34. The van der Waals surface area contributed by atoms with Gasteiger partial charge in [0, 0.05) is 24.7 Å². The number of hydrogen-bond donors (Lipinski definition) is 1. The number of ether oxygens (including phenoxy) is 1. The molecule has 1 saturated heterocycles. The Bertz CT molecular complexity index is 402. The Morgan fingerprint density at radius 2 is 2.32 bits per heavy atom. The Morgan fingerprint density at radius 3 is 2.89 bits per heavy atom. The van der Waals surface area contributed by atoms with Gasteiger partial charge < -0.3 is 14.9 Å². The standard InChI is InChI=1S/C15H24N2O2/c1-12-9-15(11-16,6-8-18-12)17(13-4-5-13)10-14-3-2-7-19-14/h2-3,7,12-13H,4-6,8-11,16H2,1H3. The average molecular weight is 264 g/mol. The quantitative estimate of drug-likeness (QED) is 0.885. The smallest absolute Gasteiger partial charge is 0.117 e. The third-order valence-electron chi connectivity index (χ3n) is 4.52. The Hall–Kier alpha value is -0.840. The van der Waals surface area contributed by atoms with Crippen molar-refractivity contribution in [1.82, 2.24) is 4.90 Å². The Morgan fingerprint density at radius 1 is 1.47 bits per heavy atom. The van der Waals surface area contributed by atoms with Gasteiger partial charge >= 0.3 is 0 Å². The fourth-order valence-electron chi connectivity index (χ4n) is 3.35. The van der Waals surface area contributed by atoms with E-state index in [4.69, 9.17) is 14.9 Å². The maximum Gasteiger partial charge on any atom is 0.117 e. The fraction of sp³-hybridized carbons (Fsp3) is 0.733. The van der Waals surface area contributed by atoms with Crippen LogP contribution in [0.25, 0.3) is 0 Å². The largest absolute Gasteiger partial charge is 0.468 e. The molecule has 1 aromatic heterocycles. The minimum Gasteiger partial charge on any atom is -0.468 e. The summed E-state index contributed by atoms with van der Waals surface area (Å²) in [7, 11) is 0. The molecule has 4 heteroatoms. The summed E-state index contributed by atoms with van der Waals surface area (Å²) in [4.78, 5) is 2.59.